The Morgan fingerprint density at radius 2 is 2.00 bits per heavy atom. The Kier molecular flexibility index (Phi) is 6.68. The summed E-state index contributed by atoms with van der Waals surface area (Å²) in [6.45, 7) is 2.82. The quantitative estimate of drug-likeness (QED) is 0.484. The lowest BCUT2D eigenvalue weighted by Gasteiger charge is -2.32. The van der Waals surface area contributed by atoms with E-state index < -0.39 is 17.9 Å². The molecule has 10 nitrogen and oxygen atoms in total. The molecule has 3 heterocycles. The highest BCUT2D eigenvalue weighted by Gasteiger charge is 2.25. The summed E-state index contributed by atoms with van der Waals surface area (Å²) < 4.78 is 0. The van der Waals surface area contributed by atoms with Crippen LogP contribution < -0.4 is 21.7 Å². The van der Waals surface area contributed by atoms with E-state index in [1.807, 2.05) is 11.0 Å². The second-order valence-electron chi connectivity index (χ2n) is 7.24. The monoisotopic (exact) mass is 433 g/mol. The number of aliphatic hydroxyl groups excluding tert-OH is 1. The van der Waals surface area contributed by atoms with Gasteiger partial charge in [0.1, 0.15) is 11.5 Å². The fourth-order valence-corrected chi connectivity index (χ4v) is 3.52. The van der Waals surface area contributed by atoms with Crippen molar-refractivity contribution in [2.75, 3.05) is 30.3 Å². The van der Waals surface area contributed by atoms with Gasteiger partial charge >= 0.3 is 0 Å². The van der Waals surface area contributed by atoms with Crippen LogP contribution in [-0.2, 0) is 0 Å². The molecule has 1 aliphatic rings. The predicted octanol–water partition coefficient (Wildman–Crippen LogP) is 0.701. The molecule has 3 rings (SSSR count). The van der Waals surface area contributed by atoms with E-state index in [0.717, 1.165) is 18.5 Å². The molecule has 2 aromatic heterocycles. The van der Waals surface area contributed by atoms with E-state index in [4.69, 9.17) is 28.2 Å². The number of anilines is 2. The normalized spacial score (nSPS) is 15.6. The van der Waals surface area contributed by atoms with Gasteiger partial charge in [0, 0.05) is 36.8 Å². The molecule has 0 aromatic carbocycles. The van der Waals surface area contributed by atoms with Crippen LogP contribution in [0.25, 0.3) is 0 Å². The minimum absolute atomic E-state index is 0.0253. The predicted molar refractivity (Wildman–Crippen MR) is 112 cm³/mol. The van der Waals surface area contributed by atoms with Crippen molar-refractivity contribution in [2.45, 2.75) is 31.7 Å². The van der Waals surface area contributed by atoms with Crippen LogP contribution in [0.1, 0.15) is 52.4 Å². The number of aromatic nitrogens is 3. The van der Waals surface area contributed by atoms with E-state index in [2.05, 4.69) is 20.3 Å². The average molecular weight is 434 g/mol. The van der Waals surface area contributed by atoms with Gasteiger partial charge in [-0.1, -0.05) is 0 Å². The zero-order valence-electron chi connectivity index (χ0n) is 16.5. The van der Waals surface area contributed by atoms with E-state index in [-0.39, 0.29) is 34.9 Å². The molecular formula is C19H24ClN7O3. The van der Waals surface area contributed by atoms with Crippen LogP contribution in [0.4, 0.5) is 11.5 Å². The van der Waals surface area contributed by atoms with Gasteiger partial charge < -0.3 is 26.8 Å². The molecule has 1 atom stereocenters. The Bertz CT molecular complexity index is 948. The first-order chi connectivity index (χ1) is 14.3. The highest BCUT2D eigenvalue weighted by Crippen LogP contribution is 2.30. The molecule has 0 bridgehead atoms. The second kappa shape index (κ2) is 9.23. The molecule has 1 fully saturated rings. The number of rotatable bonds is 6. The summed E-state index contributed by atoms with van der Waals surface area (Å²) in [6.07, 6.45) is 1.53. The number of aliphatic hydroxyl groups is 1. The Labute approximate surface area is 178 Å². The maximum atomic E-state index is 12.3. The maximum Gasteiger partial charge on any atom is 0.270 e. The number of amides is 2. The van der Waals surface area contributed by atoms with Crippen LogP contribution in [0.15, 0.2) is 18.2 Å². The largest absolute Gasteiger partial charge is 0.397 e. The number of carbonyl (C=O) groups is 2. The van der Waals surface area contributed by atoms with Crippen molar-refractivity contribution in [3.63, 3.8) is 0 Å². The molecule has 0 aliphatic carbocycles. The minimum Gasteiger partial charge on any atom is -0.397 e. The summed E-state index contributed by atoms with van der Waals surface area (Å²) in [5, 5.41) is 11.7. The second-order valence-corrected chi connectivity index (χ2v) is 7.58. The SMILES string of the molecule is CC(CO)NC(=O)c1cc(N2CCC(c3ccc(N)c(C(N)=O)n3)CC2)nc(Cl)n1. The highest BCUT2D eigenvalue weighted by molar-refractivity contribution is 6.28. The van der Waals surface area contributed by atoms with Crippen LogP contribution in [0, 0.1) is 0 Å². The zero-order valence-corrected chi connectivity index (χ0v) is 17.3. The number of pyridine rings is 1. The van der Waals surface area contributed by atoms with Gasteiger partial charge in [0.15, 0.2) is 5.69 Å². The molecule has 2 amide bonds. The molecule has 160 valence electrons. The Morgan fingerprint density at radius 1 is 1.30 bits per heavy atom. The smallest absolute Gasteiger partial charge is 0.270 e. The molecule has 30 heavy (non-hydrogen) atoms. The molecule has 0 saturated carbocycles. The molecule has 0 radical (unpaired) electrons. The third-order valence-electron chi connectivity index (χ3n) is 4.99. The number of piperidine rings is 1. The first kappa shape index (κ1) is 21.7. The number of nitrogens with zero attached hydrogens (tertiary/aromatic N) is 4. The van der Waals surface area contributed by atoms with Gasteiger partial charge in [-0.3, -0.25) is 9.59 Å². The molecule has 2 aromatic rings. The van der Waals surface area contributed by atoms with Crippen LogP contribution in [-0.4, -0.2) is 57.6 Å². The highest BCUT2D eigenvalue weighted by atomic mass is 35.5. The fraction of sp³-hybridized carbons (Fsp3) is 0.421. The lowest BCUT2D eigenvalue weighted by atomic mass is 9.92. The molecule has 1 aliphatic heterocycles. The third kappa shape index (κ3) is 4.95. The topological polar surface area (TPSA) is 160 Å². The third-order valence-corrected chi connectivity index (χ3v) is 5.16. The molecule has 1 saturated heterocycles. The maximum absolute atomic E-state index is 12.3. The zero-order chi connectivity index (χ0) is 21.8. The number of nitrogens with two attached hydrogens (primary N) is 2. The molecule has 0 spiro atoms. The number of carbonyl (C=O) groups excluding carboxylic acids is 2. The molecule has 11 heteroatoms. The van der Waals surface area contributed by atoms with Crippen LogP contribution in [0.2, 0.25) is 5.28 Å². The van der Waals surface area contributed by atoms with Crippen molar-refractivity contribution in [3.05, 3.63) is 40.6 Å². The van der Waals surface area contributed by atoms with Crippen molar-refractivity contribution in [3.8, 4) is 0 Å². The summed E-state index contributed by atoms with van der Waals surface area (Å²) in [7, 11) is 0. The number of primary amides is 1. The number of nitrogen functional groups attached to an aromatic ring is 1. The van der Waals surface area contributed by atoms with Crippen LogP contribution in [0.3, 0.4) is 0 Å². The molecule has 6 N–H and O–H groups in total. The van der Waals surface area contributed by atoms with Crippen molar-refractivity contribution >= 4 is 34.9 Å². The standard InChI is InChI=1S/C19H24ClN7O3/c1-10(9-28)23-18(30)14-8-15(26-19(20)25-14)27-6-4-11(5-7-27)13-3-2-12(21)16(24-13)17(22)29/h2-3,8,10-11,28H,4-7,9,21H2,1H3,(H2,22,29)(H,23,30). The van der Waals surface area contributed by atoms with Gasteiger partial charge in [0.25, 0.3) is 11.8 Å². The summed E-state index contributed by atoms with van der Waals surface area (Å²) in [4.78, 5) is 38.4. The van der Waals surface area contributed by atoms with Crippen molar-refractivity contribution < 1.29 is 14.7 Å². The van der Waals surface area contributed by atoms with Gasteiger partial charge in [-0.2, -0.15) is 0 Å². The number of halogens is 1. The summed E-state index contributed by atoms with van der Waals surface area (Å²) in [5.74, 6) is -0.380. The minimum atomic E-state index is -0.649. The Hall–Kier alpha value is -2.98. The van der Waals surface area contributed by atoms with Crippen molar-refractivity contribution in [1.82, 2.24) is 20.3 Å². The number of nitrogens with one attached hydrogen (secondary N) is 1. The van der Waals surface area contributed by atoms with Crippen LogP contribution in [0.5, 0.6) is 0 Å². The van der Waals surface area contributed by atoms with Gasteiger partial charge in [0.05, 0.1) is 12.3 Å². The summed E-state index contributed by atoms with van der Waals surface area (Å²) in [5.41, 5.74) is 12.4. The molecule has 1 unspecified atom stereocenters. The van der Waals surface area contributed by atoms with Gasteiger partial charge in [-0.25, -0.2) is 15.0 Å². The van der Waals surface area contributed by atoms with Gasteiger partial charge in [-0.05, 0) is 43.5 Å². The molecular weight excluding hydrogens is 410 g/mol. The van der Waals surface area contributed by atoms with Crippen molar-refractivity contribution in [1.29, 1.82) is 0 Å². The first-order valence-electron chi connectivity index (χ1n) is 9.56. The first-order valence-corrected chi connectivity index (χ1v) is 9.93. The summed E-state index contributed by atoms with van der Waals surface area (Å²) in [6, 6.07) is 4.65. The summed E-state index contributed by atoms with van der Waals surface area (Å²) >= 11 is 6.03. The van der Waals surface area contributed by atoms with E-state index >= 15 is 0 Å². The average Bonchev–Trinajstić information content (AvgIpc) is 2.73. The number of hydrogen-bond donors (Lipinski definition) is 4. The van der Waals surface area contributed by atoms with E-state index in [9.17, 15) is 9.59 Å². The van der Waals surface area contributed by atoms with Gasteiger partial charge in [-0.15, -0.1) is 0 Å². The van der Waals surface area contributed by atoms with E-state index in [1.54, 1.807) is 19.1 Å². The van der Waals surface area contributed by atoms with E-state index in [1.165, 1.54) is 0 Å². The van der Waals surface area contributed by atoms with Crippen LogP contribution >= 0.6 is 11.6 Å². The van der Waals surface area contributed by atoms with Crippen molar-refractivity contribution in [2.24, 2.45) is 5.73 Å². The lowest BCUT2D eigenvalue weighted by Crippen LogP contribution is -2.36. The Morgan fingerprint density at radius 3 is 2.63 bits per heavy atom. The van der Waals surface area contributed by atoms with E-state index in [0.29, 0.717) is 18.9 Å². The fourth-order valence-electron chi connectivity index (χ4n) is 3.34. The number of hydrogen-bond acceptors (Lipinski definition) is 8. The van der Waals surface area contributed by atoms with Gasteiger partial charge in [0.2, 0.25) is 5.28 Å². The lowest BCUT2D eigenvalue weighted by molar-refractivity contribution is 0.0916. The Balaban J connectivity index is 1.71.